The van der Waals surface area contributed by atoms with Crippen LogP contribution in [0.25, 0.3) is 5.69 Å². The second-order valence-electron chi connectivity index (χ2n) is 5.27. The molecular formula is C15H18BrClN4O. The Labute approximate surface area is 144 Å². The van der Waals surface area contributed by atoms with E-state index in [1.54, 1.807) is 10.7 Å². The molecule has 3 rings (SSSR count). The third-order valence-corrected chi connectivity index (χ3v) is 4.28. The van der Waals surface area contributed by atoms with Crippen molar-refractivity contribution in [1.82, 2.24) is 14.7 Å². The maximum absolute atomic E-state index is 12.4. The summed E-state index contributed by atoms with van der Waals surface area (Å²) in [4.78, 5) is 14.3. The number of carbonyl (C=O) groups is 1. The van der Waals surface area contributed by atoms with Gasteiger partial charge in [0.25, 0.3) is 5.91 Å². The lowest BCUT2D eigenvalue weighted by atomic mass is 10.1. The SMILES string of the molecule is Cl.NCC1CCN(C(=O)c2ccn(-c3cccc(Br)c3)n2)C1. The molecule has 1 aromatic carbocycles. The highest BCUT2D eigenvalue weighted by molar-refractivity contribution is 9.10. The van der Waals surface area contributed by atoms with Gasteiger partial charge >= 0.3 is 0 Å². The molecule has 0 saturated carbocycles. The Bertz CT molecular complexity index is 660. The molecule has 1 fully saturated rings. The summed E-state index contributed by atoms with van der Waals surface area (Å²) >= 11 is 3.44. The minimum atomic E-state index is -0.0142. The molecule has 1 aliphatic heterocycles. The average molecular weight is 386 g/mol. The van der Waals surface area contributed by atoms with Crippen LogP contribution in [-0.2, 0) is 0 Å². The van der Waals surface area contributed by atoms with E-state index in [9.17, 15) is 4.79 Å². The zero-order valence-corrected chi connectivity index (χ0v) is 14.4. The third-order valence-electron chi connectivity index (χ3n) is 3.79. The van der Waals surface area contributed by atoms with E-state index in [0.717, 1.165) is 29.7 Å². The monoisotopic (exact) mass is 384 g/mol. The van der Waals surface area contributed by atoms with Crippen LogP contribution in [0.2, 0.25) is 0 Å². The van der Waals surface area contributed by atoms with Gasteiger partial charge in [-0.15, -0.1) is 12.4 Å². The van der Waals surface area contributed by atoms with Crippen LogP contribution in [0.3, 0.4) is 0 Å². The summed E-state index contributed by atoms with van der Waals surface area (Å²) in [5.74, 6) is 0.404. The van der Waals surface area contributed by atoms with E-state index in [2.05, 4.69) is 21.0 Å². The zero-order chi connectivity index (χ0) is 14.8. The van der Waals surface area contributed by atoms with Crippen LogP contribution in [0.1, 0.15) is 16.9 Å². The summed E-state index contributed by atoms with van der Waals surface area (Å²) in [5.41, 5.74) is 7.07. The molecule has 1 aromatic heterocycles. The largest absolute Gasteiger partial charge is 0.337 e. The van der Waals surface area contributed by atoms with Crippen LogP contribution >= 0.6 is 28.3 Å². The highest BCUT2D eigenvalue weighted by Gasteiger charge is 2.27. The quantitative estimate of drug-likeness (QED) is 0.883. The molecule has 5 nitrogen and oxygen atoms in total. The molecule has 2 heterocycles. The van der Waals surface area contributed by atoms with Gasteiger partial charge in [-0.3, -0.25) is 4.79 Å². The number of benzene rings is 1. The number of amides is 1. The first-order valence-electron chi connectivity index (χ1n) is 6.98. The van der Waals surface area contributed by atoms with E-state index < -0.39 is 0 Å². The minimum Gasteiger partial charge on any atom is -0.337 e. The van der Waals surface area contributed by atoms with Crippen molar-refractivity contribution in [2.45, 2.75) is 6.42 Å². The van der Waals surface area contributed by atoms with Crippen LogP contribution < -0.4 is 5.73 Å². The molecule has 1 amide bonds. The topological polar surface area (TPSA) is 64.2 Å². The second-order valence-corrected chi connectivity index (χ2v) is 6.18. The highest BCUT2D eigenvalue weighted by Crippen LogP contribution is 2.18. The number of likely N-dealkylation sites (tertiary alicyclic amines) is 1. The van der Waals surface area contributed by atoms with Gasteiger partial charge in [-0.2, -0.15) is 5.10 Å². The fourth-order valence-corrected chi connectivity index (χ4v) is 2.96. The van der Waals surface area contributed by atoms with Crippen LogP contribution in [0.5, 0.6) is 0 Å². The predicted octanol–water partition coefficient (Wildman–Crippen LogP) is 2.48. The van der Waals surface area contributed by atoms with Gasteiger partial charge in [-0.05, 0) is 43.1 Å². The van der Waals surface area contributed by atoms with Crippen LogP contribution in [0, 0.1) is 5.92 Å². The Hall–Kier alpha value is -1.37. The molecule has 118 valence electrons. The molecule has 0 bridgehead atoms. The maximum atomic E-state index is 12.4. The molecule has 0 aliphatic carbocycles. The zero-order valence-electron chi connectivity index (χ0n) is 12.0. The average Bonchev–Trinajstić information content (AvgIpc) is 3.16. The molecule has 2 N–H and O–H groups in total. The summed E-state index contributed by atoms with van der Waals surface area (Å²) in [5, 5.41) is 4.39. The Morgan fingerprint density at radius 2 is 2.23 bits per heavy atom. The van der Waals surface area contributed by atoms with Crippen LogP contribution in [0.4, 0.5) is 0 Å². The first-order valence-corrected chi connectivity index (χ1v) is 7.77. The fraction of sp³-hybridized carbons (Fsp3) is 0.333. The molecular weight excluding hydrogens is 368 g/mol. The predicted molar refractivity (Wildman–Crippen MR) is 91.6 cm³/mol. The lowest BCUT2D eigenvalue weighted by Gasteiger charge is -2.14. The van der Waals surface area contributed by atoms with Gasteiger partial charge in [-0.1, -0.05) is 22.0 Å². The fourth-order valence-electron chi connectivity index (χ4n) is 2.57. The van der Waals surface area contributed by atoms with E-state index in [-0.39, 0.29) is 18.3 Å². The second kappa shape index (κ2) is 7.26. The van der Waals surface area contributed by atoms with Gasteiger partial charge in [0, 0.05) is 23.8 Å². The summed E-state index contributed by atoms with van der Waals surface area (Å²) in [7, 11) is 0. The van der Waals surface area contributed by atoms with E-state index in [4.69, 9.17) is 5.73 Å². The van der Waals surface area contributed by atoms with Crippen LogP contribution in [-0.4, -0.2) is 40.2 Å². The molecule has 0 spiro atoms. The highest BCUT2D eigenvalue weighted by atomic mass is 79.9. The summed E-state index contributed by atoms with van der Waals surface area (Å²) in [6, 6.07) is 9.57. The summed E-state index contributed by atoms with van der Waals surface area (Å²) in [6.45, 7) is 2.14. The lowest BCUT2D eigenvalue weighted by molar-refractivity contribution is 0.0781. The van der Waals surface area contributed by atoms with Gasteiger partial charge in [0.05, 0.1) is 5.69 Å². The standard InChI is InChI=1S/C15H17BrN4O.ClH/c16-12-2-1-3-13(8-12)20-7-5-14(18-20)15(21)19-6-4-11(9-17)10-19;/h1-3,5,7-8,11H,4,6,9-10,17H2;1H. The molecule has 7 heteroatoms. The van der Waals surface area contributed by atoms with Gasteiger partial charge in [-0.25, -0.2) is 4.68 Å². The van der Waals surface area contributed by atoms with Crippen molar-refractivity contribution in [3.8, 4) is 5.69 Å². The third kappa shape index (κ3) is 3.51. The Morgan fingerprint density at radius 1 is 1.41 bits per heavy atom. The number of carbonyl (C=O) groups excluding carboxylic acids is 1. The van der Waals surface area contributed by atoms with E-state index in [0.29, 0.717) is 18.2 Å². The molecule has 1 saturated heterocycles. The Balaban J connectivity index is 0.00000176. The first kappa shape index (κ1) is 17.0. The number of halogens is 2. The van der Waals surface area contributed by atoms with Crippen molar-refractivity contribution in [3.05, 3.63) is 46.7 Å². The molecule has 22 heavy (non-hydrogen) atoms. The van der Waals surface area contributed by atoms with Gasteiger partial charge in [0.2, 0.25) is 0 Å². The van der Waals surface area contributed by atoms with E-state index in [1.807, 2.05) is 35.4 Å². The molecule has 1 aliphatic rings. The maximum Gasteiger partial charge on any atom is 0.274 e. The summed E-state index contributed by atoms with van der Waals surface area (Å²) in [6.07, 6.45) is 2.79. The molecule has 0 radical (unpaired) electrons. The van der Waals surface area contributed by atoms with Crippen molar-refractivity contribution >= 4 is 34.2 Å². The number of nitrogens with zero attached hydrogens (tertiary/aromatic N) is 3. The van der Waals surface area contributed by atoms with Crippen molar-refractivity contribution < 1.29 is 4.79 Å². The number of hydrogen-bond acceptors (Lipinski definition) is 3. The lowest BCUT2D eigenvalue weighted by Crippen LogP contribution is -2.30. The van der Waals surface area contributed by atoms with Crippen molar-refractivity contribution in [2.24, 2.45) is 11.7 Å². The molecule has 1 unspecified atom stereocenters. The van der Waals surface area contributed by atoms with E-state index >= 15 is 0 Å². The molecule has 2 aromatic rings. The van der Waals surface area contributed by atoms with Crippen molar-refractivity contribution in [1.29, 1.82) is 0 Å². The number of aromatic nitrogens is 2. The smallest absolute Gasteiger partial charge is 0.274 e. The minimum absolute atomic E-state index is 0. The van der Waals surface area contributed by atoms with Gasteiger partial charge in [0.1, 0.15) is 0 Å². The van der Waals surface area contributed by atoms with E-state index in [1.165, 1.54) is 0 Å². The van der Waals surface area contributed by atoms with Gasteiger partial charge in [0.15, 0.2) is 5.69 Å². The Morgan fingerprint density at radius 3 is 2.91 bits per heavy atom. The number of hydrogen-bond donors (Lipinski definition) is 1. The van der Waals surface area contributed by atoms with Crippen molar-refractivity contribution in [2.75, 3.05) is 19.6 Å². The summed E-state index contributed by atoms with van der Waals surface area (Å²) < 4.78 is 2.70. The van der Waals surface area contributed by atoms with Gasteiger partial charge < -0.3 is 10.6 Å². The normalized spacial score (nSPS) is 17.4. The van der Waals surface area contributed by atoms with Crippen LogP contribution in [0.15, 0.2) is 41.0 Å². The number of rotatable bonds is 3. The number of nitrogens with two attached hydrogens (primary N) is 1. The first-order chi connectivity index (χ1) is 10.2. The van der Waals surface area contributed by atoms with Crippen molar-refractivity contribution in [3.63, 3.8) is 0 Å². The molecule has 1 atom stereocenters. The Kier molecular flexibility index (Phi) is 5.61.